The van der Waals surface area contributed by atoms with Crippen LogP contribution in [-0.2, 0) is 36.3 Å². The van der Waals surface area contributed by atoms with E-state index in [1.165, 1.54) is 0 Å². The molecule has 0 radical (unpaired) electrons. The first-order valence-corrected chi connectivity index (χ1v) is 13.7. The van der Waals surface area contributed by atoms with Gasteiger partial charge in [-0.05, 0) is 59.8 Å². The molecule has 4 unspecified atom stereocenters. The van der Waals surface area contributed by atoms with Gasteiger partial charge < -0.3 is 0 Å². The maximum atomic E-state index is 12.9. The molecule has 0 aliphatic carbocycles. The Hall–Kier alpha value is 0.220. The summed E-state index contributed by atoms with van der Waals surface area (Å²) in [6.45, 7) is 15.1. The summed E-state index contributed by atoms with van der Waals surface area (Å²) in [4.78, 5) is 0. The van der Waals surface area contributed by atoms with Gasteiger partial charge in [0.15, 0.2) is 0 Å². The average Bonchev–Trinajstić information content (AvgIpc) is 2.66. The molecule has 0 spiro atoms. The topological polar surface area (TPSA) is 89.5 Å². The third kappa shape index (κ3) is 13.3. The highest BCUT2D eigenvalue weighted by molar-refractivity contribution is 7.48. The van der Waals surface area contributed by atoms with Crippen LogP contribution < -0.4 is 0 Å². The van der Waals surface area contributed by atoms with Crippen LogP contribution in [0.3, 0.4) is 0 Å². The minimum Gasteiger partial charge on any atom is -0.287 e. The third-order valence-electron chi connectivity index (χ3n) is 4.32. The van der Waals surface area contributed by atoms with Crippen LogP contribution in [-0.4, -0.2) is 37.6 Å². The summed E-state index contributed by atoms with van der Waals surface area (Å²) in [5.41, 5.74) is 0. The highest BCUT2D eigenvalue weighted by atomic mass is 31.2. The lowest BCUT2D eigenvalue weighted by atomic mass is 10.3. The van der Waals surface area contributed by atoms with E-state index in [1.54, 1.807) is 0 Å². The van der Waals surface area contributed by atoms with Crippen LogP contribution in [0.15, 0.2) is 0 Å². The number of rotatable bonds is 18. The maximum absolute atomic E-state index is 12.9. The van der Waals surface area contributed by atoms with Crippen LogP contribution in [0.5, 0.6) is 0 Å². The highest BCUT2D eigenvalue weighted by Crippen LogP contribution is 2.54. The van der Waals surface area contributed by atoms with Crippen molar-refractivity contribution in [1.82, 2.24) is 0 Å². The molecule has 0 heterocycles. The number of phosphoric ester groups is 2. The Bertz CT molecular complexity index is 440. The normalized spacial score (nSPS) is 20.4. The summed E-state index contributed by atoms with van der Waals surface area (Å²) in [6, 6.07) is 0. The van der Waals surface area contributed by atoms with Crippen molar-refractivity contribution < 1.29 is 36.3 Å². The molecule has 0 fully saturated rings. The van der Waals surface area contributed by atoms with Gasteiger partial charge in [0.25, 0.3) is 0 Å². The minimum absolute atomic E-state index is 0.0663. The van der Waals surface area contributed by atoms with Gasteiger partial charge in [-0.15, -0.1) is 0 Å². The predicted molar refractivity (Wildman–Crippen MR) is 115 cm³/mol. The smallest absolute Gasteiger partial charge is 0.287 e. The van der Waals surface area contributed by atoms with Crippen molar-refractivity contribution in [1.29, 1.82) is 0 Å². The van der Waals surface area contributed by atoms with Gasteiger partial charge in [0.05, 0.1) is 37.6 Å². The first kappa shape index (κ1) is 29.2. The van der Waals surface area contributed by atoms with Crippen LogP contribution in [0.25, 0.3) is 0 Å². The van der Waals surface area contributed by atoms with Gasteiger partial charge in [0, 0.05) is 0 Å². The van der Waals surface area contributed by atoms with E-state index < -0.39 is 15.6 Å². The number of hydrogen-bond acceptors (Lipinski definition) is 8. The highest BCUT2D eigenvalue weighted by Gasteiger charge is 2.32. The Morgan fingerprint density at radius 1 is 0.552 bits per heavy atom. The molecule has 176 valence electrons. The molecular formula is C19H42O8P2. The summed E-state index contributed by atoms with van der Waals surface area (Å²) in [7, 11) is -7.38. The largest absolute Gasteiger partial charge is 0.475 e. The molecule has 0 N–H and O–H groups in total. The van der Waals surface area contributed by atoms with E-state index in [4.69, 9.17) is 27.1 Å². The molecule has 0 aromatic carbocycles. The van der Waals surface area contributed by atoms with Crippen LogP contribution in [0, 0.1) is 0 Å². The Labute approximate surface area is 177 Å². The molecule has 0 bridgehead atoms. The van der Waals surface area contributed by atoms with Crippen molar-refractivity contribution in [2.24, 2.45) is 0 Å². The second-order valence-electron chi connectivity index (χ2n) is 7.21. The van der Waals surface area contributed by atoms with Gasteiger partial charge in [-0.3, -0.25) is 27.1 Å². The summed E-state index contributed by atoms with van der Waals surface area (Å²) in [5.74, 6) is 0. The lowest BCUT2D eigenvalue weighted by molar-refractivity contribution is 0.0478. The average molecular weight is 460 g/mol. The van der Waals surface area contributed by atoms with Gasteiger partial charge in [-0.1, -0.05) is 27.7 Å². The third-order valence-corrected chi connectivity index (χ3v) is 7.79. The number of hydrogen-bond donors (Lipinski definition) is 0. The fourth-order valence-electron chi connectivity index (χ4n) is 1.76. The van der Waals surface area contributed by atoms with Crippen LogP contribution in [0.1, 0.15) is 87.5 Å². The summed E-state index contributed by atoms with van der Waals surface area (Å²) in [5, 5.41) is 0. The van der Waals surface area contributed by atoms with E-state index in [-0.39, 0.29) is 37.6 Å². The maximum Gasteiger partial charge on any atom is 0.475 e. The summed E-state index contributed by atoms with van der Waals surface area (Å²) in [6.07, 6.45) is 2.04. The first-order chi connectivity index (χ1) is 13.5. The molecule has 0 amide bonds. The van der Waals surface area contributed by atoms with Crippen molar-refractivity contribution in [3.8, 4) is 0 Å². The van der Waals surface area contributed by atoms with Crippen LogP contribution in [0.4, 0.5) is 0 Å². The zero-order chi connectivity index (χ0) is 22.5. The van der Waals surface area contributed by atoms with Gasteiger partial charge in [-0.2, -0.15) is 0 Å². The van der Waals surface area contributed by atoms with E-state index in [0.29, 0.717) is 32.1 Å². The fraction of sp³-hybridized carbons (Fsp3) is 1.00. The van der Waals surface area contributed by atoms with Crippen LogP contribution >= 0.6 is 15.6 Å². The van der Waals surface area contributed by atoms with E-state index in [2.05, 4.69) is 0 Å². The first-order valence-electron chi connectivity index (χ1n) is 10.8. The Balaban J connectivity index is 4.72. The van der Waals surface area contributed by atoms with Crippen molar-refractivity contribution >= 4 is 15.6 Å². The molecule has 0 aromatic rings. The molecular weight excluding hydrogens is 418 g/mol. The molecule has 29 heavy (non-hydrogen) atoms. The zero-order valence-electron chi connectivity index (χ0n) is 19.4. The van der Waals surface area contributed by atoms with Crippen molar-refractivity contribution in [3.63, 3.8) is 0 Å². The second kappa shape index (κ2) is 15.1. The molecule has 4 atom stereocenters. The Morgan fingerprint density at radius 2 is 0.793 bits per heavy atom. The molecule has 10 heteroatoms. The lowest BCUT2D eigenvalue weighted by Gasteiger charge is -2.25. The van der Waals surface area contributed by atoms with E-state index in [1.807, 2.05) is 55.4 Å². The Morgan fingerprint density at radius 3 is 1.00 bits per heavy atom. The Kier molecular flexibility index (Phi) is 15.2. The lowest BCUT2D eigenvalue weighted by Crippen LogP contribution is -2.15. The van der Waals surface area contributed by atoms with Gasteiger partial charge >= 0.3 is 15.6 Å². The van der Waals surface area contributed by atoms with Gasteiger partial charge in [0.2, 0.25) is 0 Å². The number of phosphoric acid groups is 2. The van der Waals surface area contributed by atoms with E-state index >= 15 is 0 Å². The monoisotopic (exact) mass is 460 g/mol. The van der Waals surface area contributed by atoms with Crippen molar-refractivity contribution in [2.75, 3.05) is 13.2 Å². The van der Waals surface area contributed by atoms with Crippen molar-refractivity contribution in [3.05, 3.63) is 0 Å². The SMILES string of the molecule is CCC(C)OP(=O)(OCCCOP(=O)(OC(C)CC)OC(C)CC)OC(C)CC. The molecule has 0 rings (SSSR count). The summed E-state index contributed by atoms with van der Waals surface area (Å²) < 4.78 is 58.7. The molecule has 0 aromatic heterocycles. The standard InChI is InChI=1S/C19H42O8P2/c1-9-16(5)24-28(20,25-17(6)10-2)22-14-13-15-23-29(21,26-18(7)11-3)27-19(8)12-4/h16-19H,9-15H2,1-8H3. The molecule has 8 nitrogen and oxygen atoms in total. The van der Waals surface area contributed by atoms with Gasteiger partial charge in [0.1, 0.15) is 0 Å². The molecule has 0 aliphatic heterocycles. The van der Waals surface area contributed by atoms with E-state index in [9.17, 15) is 9.13 Å². The minimum atomic E-state index is -3.69. The van der Waals surface area contributed by atoms with Crippen molar-refractivity contribution in [2.45, 2.75) is 112 Å². The fourth-order valence-corrected chi connectivity index (χ4v) is 5.17. The van der Waals surface area contributed by atoms with Crippen LogP contribution in [0.2, 0.25) is 0 Å². The quantitative estimate of drug-likeness (QED) is 0.161. The summed E-state index contributed by atoms with van der Waals surface area (Å²) >= 11 is 0. The van der Waals surface area contributed by atoms with Gasteiger partial charge in [-0.25, -0.2) is 9.13 Å². The zero-order valence-corrected chi connectivity index (χ0v) is 21.2. The van der Waals surface area contributed by atoms with E-state index in [0.717, 1.165) is 0 Å². The predicted octanol–water partition coefficient (Wildman–Crippen LogP) is 6.89. The molecule has 0 saturated heterocycles. The second-order valence-corrected chi connectivity index (χ2v) is 10.4. The molecule has 0 saturated carbocycles. The molecule has 0 aliphatic rings.